The van der Waals surface area contributed by atoms with Crippen molar-refractivity contribution in [2.24, 2.45) is 0 Å². The lowest BCUT2D eigenvalue weighted by Gasteiger charge is -2.20. The minimum absolute atomic E-state index is 0.0349. The van der Waals surface area contributed by atoms with Gasteiger partial charge in [-0.05, 0) is 70.6 Å². The van der Waals surface area contributed by atoms with Gasteiger partial charge in [-0.2, -0.15) is 0 Å². The molecule has 0 aliphatic heterocycles. The second-order valence-electron chi connectivity index (χ2n) is 12.9. The van der Waals surface area contributed by atoms with Crippen LogP contribution in [0.1, 0.15) is 155 Å². The summed E-state index contributed by atoms with van der Waals surface area (Å²) >= 11 is 0. The Labute approximate surface area is 305 Å². The Morgan fingerprint density at radius 1 is 0.620 bits per heavy atom. The van der Waals surface area contributed by atoms with E-state index in [4.69, 9.17) is 23.6 Å². The minimum Gasteiger partial charge on any atom is -0.457 e. The van der Waals surface area contributed by atoms with Crippen LogP contribution in [0.2, 0.25) is 0 Å². The third-order valence-electron chi connectivity index (χ3n) is 7.97. The molecule has 0 fully saturated rings. The number of carbonyl (C=O) groups is 1. The summed E-state index contributed by atoms with van der Waals surface area (Å²) in [6.45, 7) is 3.36. The van der Waals surface area contributed by atoms with Gasteiger partial charge in [0.25, 0.3) is 0 Å². The third-order valence-corrected chi connectivity index (χ3v) is 8.92. The molecule has 0 heterocycles. The molecule has 0 aromatic rings. The predicted molar refractivity (Wildman–Crippen MR) is 205 cm³/mol. The quantitative estimate of drug-likeness (QED) is 0.0247. The molecule has 50 heavy (non-hydrogen) atoms. The summed E-state index contributed by atoms with van der Waals surface area (Å²) in [6.07, 6.45) is 39.2. The third kappa shape index (κ3) is 36.2. The van der Waals surface area contributed by atoms with Crippen LogP contribution in [0.25, 0.3) is 0 Å². The Balaban J connectivity index is 4.26. The number of unbranched alkanes of at least 4 members (excludes halogenated alkanes) is 15. The van der Waals surface area contributed by atoms with Gasteiger partial charge in [0.1, 0.15) is 12.2 Å². The topological polar surface area (TPSA) is 132 Å². The highest BCUT2D eigenvalue weighted by atomic mass is 31.2. The van der Waals surface area contributed by atoms with Gasteiger partial charge in [-0.15, -0.1) is 0 Å². The van der Waals surface area contributed by atoms with Gasteiger partial charge >= 0.3 is 13.8 Å². The number of hydrogen-bond acceptors (Lipinski definition) is 8. The van der Waals surface area contributed by atoms with E-state index in [1.807, 2.05) is 0 Å². The van der Waals surface area contributed by atoms with E-state index in [0.717, 1.165) is 77.0 Å². The summed E-state index contributed by atoms with van der Waals surface area (Å²) in [6, 6.07) is 0. The van der Waals surface area contributed by atoms with Crippen LogP contribution < -0.4 is 0 Å². The molecule has 0 aliphatic rings. The molecular formula is C40H73O9P. The second kappa shape index (κ2) is 37.2. The number of phosphoric acid groups is 1. The highest BCUT2D eigenvalue weighted by Gasteiger charge is 2.26. The average molecular weight is 729 g/mol. The van der Waals surface area contributed by atoms with Crippen LogP contribution in [0.5, 0.6) is 0 Å². The minimum atomic E-state index is -4.52. The molecule has 0 spiro atoms. The van der Waals surface area contributed by atoms with Crippen molar-refractivity contribution in [1.82, 2.24) is 0 Å². The van der Waals surface area contributed by atoms with Gasteiger partial charge in [0.15, 0.2) is 0 Å². The van der Waals surface area contributed by atoms with Crippen LogP contribution in [0.3, 0.4) is 0 Å². The van der Waals surface area contributed by atoms with E-state index in [9.17, 15) is 19.4 Å². The van der Waals surface area contributed by atoms with Crippen LogP contribution >= 0.6 is 7.82 Å². The summed E-state index contributed by atoms with van der Waals surface area (Å²) in [5.41, 5.74) is 0. The van der Waals surface area contributed by atoms with Gasteiger partial charge in [0.2, 0.25) is 0 Å². The van der Waals surface area contributed by atoms with Gasteiger partial charge in [-0.1, -0.05) is 127 Å². The van der Waals surface area contributed by atoms with Crippen molar-refractivity contribution >= 4 is 13.8 Å². The van der Waals surface area contributed by atoms with E-state index in [1.165, 1.54) is 51.4 Å². The number of rotatable bonds is 37. The number of aliphatic hydroxyl groups excluding tert-OH is 2. The first-order valence-corrected chi connectivity index (χ1v) is 21.1. The molecular weight excluding hydrogens is 655 g/mol. The van der Waals surface area contributed by atoms with E-state index in [2.05, 4.69) is 62.5 Å². The Hall–Kier alpha value is -1.58. The lowest BCUT2D eigenvalue weighted by molar-refractivity contribution is -0.154. The molecule has 292 valence electrons. The van der Waals surface area contributed by atoms with Crippen molar-refractivity contribution in [3.05, 3.63) is 48.6 Å². The van der Waals surface area contributed by atoms with Crippen molar-refractivity contribution in [1.29, 1.82) is 0 Å². The molecule has 0 amide bonds. The predicted octanol–water partition coefficient (Wildman–Crippen LogP) is 10.2. The summed E-state index contributed by atoms with van der Waals surface area (Å²) < 4.78 is 33.2. The fourth-order valence-electron chi connectivity index (χ4n) is 4.95. The van der Waals surface area contributed by atoms with Gasteiger partial charge in [-0.3, -0.25) is 13.8 Å². The molecule has 9 nitrogen and oxygen atoms in total. The van der Waals surface area contributed by atoms with Crippen LogP contribution in [-0.4, -0.2) is 66.3 Å². The zero-order chi connectivity index (χ0) is 36.8. The number of esters is 1. The SMILES string of the molecule is CCC/C=C\C/C=C\CCCCCCCC(=O)OC(COCCCCCCCC/C=C\C/C=C\CCCCC)COP(=O)(O)OCC(O)CO. The molecule has 10 heteroatoms. The number of carbonyl (C=O) groups excluding carboxylic acids is 1. The van der Waals surface area contributed by atoms with E-state index in [0.29, 0.717) is 13.0 Å². The molecule has 0 saturated carbocycles. The number of allylic oxidation sites excluding steroid dienone is 8. The summed E-state index contributed by atoms with van der Waals surface area (Å²) in [7, 11) is -4.52. The Kier molecular flexibility index (Phi) is 36.0. The molecule has 0 saturated heterocycles. The maximum atomic E-state index is 12.5. The monoisotopic (exact) mass is 728 g/mol. The highest BCUT2D eigenvalue weighted by Crippen LogP contribution is 2.43. The van der Waals surface area contributed by atoms with Crippen LogP contribution in [0, 0.1) is 0 Å². The first-order valence-electron chi connectivity index (χ1n) is 19.6. The van der Waals surface area contributed by atoms with Gasteiger partial charge < -0.3 is 24.6 Å². The maximum absolute atomic E-state index is 12.5. The van der Waals surface area contributed by atoms with Crippen LogP contribution in [-0.2, 0) is 27.9 Å². The average Bonchev–Trinajstić information content (AvgIpc) is 3.10. The number of aliphatic hydroxyl groups is 2. The van der Waals surface area contributed by atoms with Crippen LogP contribution in [0.15, 0.2) is 48.6 Å². The first-order chi connectivity index (χ1) is 24.3. The maximum Gasteiger partial charge on any atom is 0.472 e. The fraction of sp³-hybridized carbons (Fsp3) is 0.775. The van der Waals surface area contributed by atoms with E-state index in [-0.39, 0.29) is 19.6 Å². The molecule has 0 rings (SSSR count). The normalized spacial score (nSPS) is 14.7. The molecule has 3 N–H and O–H groups in total. The first kappa shape index (κ1) is 48.4. The lowest BCUT2D eigenvalue weighted by Crippen LogP contribution is -2.29. The number of ether oxygens (including phenoxy) is 2. The number of phosphoric ester groups is 1. The zero-order valence-corrected chi connectivity index (χ0v) is 32.5. The molecule has 0 bridgehead atoms. The Morgan fingerprint density at radius 3 is 1.68 bits per heavy atom. The zero-order valence-electron chi connectivity index (χ0n) is 31.6. The van der Waals surface area contributed by atoms with E-state index in [1.54, 1.807) is 0 Å². The summed E-state index contributed by atoms with van der Waals surface area (Å²) in [4.78, 5) is 22.5. The molecule has 0 aromatic carbocycles. The van der Waals surface area contributed by atoms with Crippen molar-refractivity contribution in [2.45, 2.75) is 167 Å². The molecule has 3 unspecified atom stereocenters. The Morgan fingerprint density at radius 2 is 1.12 bits per heavy atom. The fourth-order valence-corrected chi connectivity index (χ4v) is 5.74. The van der Waals surface area contributed by atoms with E-state index >= 15 is 0 Å². The van der Waals surface area contributed by atoms with Gasteiger partial charge in [-0.25, -0.2) is 4.57 Å². The highest BCUT2D eigenvalue weighted by molar-refractivity contribution is 7.47. The Bertz CT molecular complexity index is 919. The lowest BCUT2D eigenvalue weighted by atomic mass is 10.1. The molecule has 0 radical (unpaired) electrons. The van der Waals surface area contributed by atoms with Crippen LogP contribution in [0.4, 0.5) is 0 Å². The van der Waals surface area contributed by atoms with Crippen molar-refractivity contribution in [2.75, 3.05) is 33.0 Å². The van der Waals surface area contributed by atoms with Crippen molar-refractivity contribution < 1.29 is 43.0 Å². The van der Waals surface area contributed by atoms with Gasteiger partial charge in [0.05, 0.1) is 26.4 Å². The number of hydrogen-bond donors (Lipinski definition) is 3. The smallest absolute Gasteiger partial charge is 0.457 e. The van der Waals surface area contributed by atoms with Crippen molar-refractivity contribution in [3.8, 4) is 0 Å². The molecule has 3 atom stereocenters. The largest absolute Gasteiger partial charge is 0.472 e. The standard InChI is InChI=1S/C40H73O9P/c1-3-5-7-9-11-13-15-17-18-19-21-23-25-27-29-31-33-46-36-39(37-48-50(44,45)47-35-38(42)34-41)49-40(43)32-30-28-26-24-22-20-16-14-12-10-8-6-4-2/h8,10-11,13-14,16-18,38-39,41-42H,3-7,9,12,15,19-37H2,1-2H3,(H,44,45)/b10-8-,13-11-,16-14-,18-17-. The summed E-state index contributed by atoms with van der Waals surface area (Å²) in [5.74, 6) is -0.403. The molecule has 0 aliphatic carbocycles. The van der Waals surface area contributed by atoms with E-state index < -0.39 is 39.2 Å². The summed E-state index contributed by atoms with van der Waals surface area (Å²) in [5, 5.41) is 18.3. The second-order valence-corrected chi connectivity index (χ2v) is 14.4. The molecule has 0 aromatic heterocycles. The van der Waals surface area contributed by atoms with Crippen molar-refractivity contribution in [3.63, 3.8) is 0 Å². The van der Waals surface area contributed by atoms with Gasteiger partial charge in [0, 0.05) is 13.0 Å².